The third-order valence-corrected chi connectivity index (χ3v) is 5.01. The first kappa shape index (κ1) is 15.6. The number of amides is 2. The van der Waals surface area contributed by atoms with Crippen molar-refractivity contribution in [3.63, 3.8) is 0 Å². The van der Waals surface area contributed by atoms with Crippen LogP contribution < -0.4 is 22.5 Å². The second-order valence-electron chi connectivity index (χ2n) is 5.37. The first-order valence-corrected chi connectivity index (χ1v) is 7.46. The van der Waals surface area contributed by atoms with Gasteiger partial charge in [-0.25, -0.2) is 0 Å². The van der Waals surface area contributed by atoms with Crippen molar-refractivity contribution in [2.24, 2.45) is 16.9 Å². The standard InChI is InChI=1S/C13H20N4O3S/c1-20-5-4-13(2-3-13)6-17-12-7(10(15)18)8(14)9(21-12)11(16)19/h17H,2-6,14H2,1H3,(H2,15,18)(H2,16,19). The van der Waals surface area contributed by atoms with Crippen LogP contribution in [0.2, 0.25) is 0 Å². The summed E-state index contributed by atoms with van der Waals surface area (Å²) in [6, 6.07) is 0. The summed E-state index contributed by atoms with van der Waals surface area (Å²) in [4.78, 5) is 23.0. The van der Waals surface area contributed by atoms with E-state index in [1.54, 1.807) is 7.11 Å². The van der Waals surface area contributed by atoms with Gasteiger partial charge in [0.1, 0.15) is 9.88 Å². The van der Waals surface area contributed by atoms with E-state index in [0.29, 0.717) is 18.2 Å². The number of nitrogens with two attached hydrogens (primary N) is 3. The monoisotopic (exact) mass is 312 g/mol. The van der Waals surface area contributed by atoms with Crippen molar-refractivity contribution in [2.75, 3.05) is 31.3 Å². The van der Waals surface area contributed by atoms with Gasteiger partial charge in [0.05, 0.1) is 11.3 Å². The molecule has 2 amide bonds. The number of carbonyl (C=O) groups excluding carboxylic acids is 2. The lowest BCUT2D eigenvalue weighted by atomic mass is 10.0. The summed E-state index contributed by atoms with van der Waals surface area (Å²) in [5, 5.41) is 3.71. The van der Waals surface area contributed by atoms with Crippen LogP contribution in [-0.2, 0) is 4.74 Å². The predicted octanol–water partition coefficient (Wildman–Crippen LogP) is 0.757. The summed E-state index contributed by atoms with van der Waals surface area (Å²) in [7, 11) is 1.67. The minimum Gasteiger partial charge on any atom is -0.397 e. The summed E-state index contributed by atoms with van der Waals surface area (Å²) >= 11 is 1.07. The van der Waals surface area contributed by atoms with E-state index in [2.05, 4.69) is 5.32 Å². The number of primary amides is 2. The van der Waals surface area contributed by atoms with Crippen LogP contribution in [0.25, 0.3) is 0 Å². The number of thiophene rings is 1. The van der Waals surface area contributed by atoms with Gasteiger partial charge in [-0.05, 0) is 24.7 Å². The first-order chi connectivity index (χ1) is 9.90. The molecule has 0 aromatic carbocycles. The molecule has 0 spiro atoms. The second-order valence-corrected chi connectivity index (χ2v) is 6.39. The molecule has 0 unspecified atom stereocenters. The number of hydrogen-bond donors (Lipinski definition) is 4. The highest BCUT2D eigenvalue weighted by molar-refractivity contribution is 7.19. The van der Waals surface area contributed by atoms with E-state index in [9.17, 15) is 9.59 Å². The van der Waals surface area contributed by atoms with Gasteiger partial charge in [0.15, 0.2) is 0 Å². The maximum atomic E-state index is 11.5. The Balaban J connectivity index is 2.14. The van der Waals surface area contributed by atoms with Gasteiger partial charge in [-0.1, -0.05) is 0 Å². The topological polar surface area (TPSA) is 133 Å². The molecule has 2 rings (SSSR count). The average molecular weight is 312 g/mol. The van der Waals surface area contributed by atoms with E-state index in [-0.39, 0.29) is 21.5 Å². The van der Waals surface area contributed by atoms with Crippen molar-refractivity contribution in [3.8, 4) is 0 Å². The van der Waals surface area contributed by atoms with Gasteiger partial charge in [0.25, 0.3) is 11.8 Å². The van der Waals surface area contributed by atoms with Crippen LogP contribution in [0.4, 0.5) is 10.7 Å². The Morgan fingerprint density at radius 1 is 1.33 bits per heavy atom. The van der Waals surface area contributed by atoms with Crippen LogP contribution in [0, 0.1) is 5.41 Å². The fraction of sp³-hybridized carbons (Fsp3) is 0.538. The Morgan fingerprint density at radius 2 is 2.00 bits per heavy atom. The Labute approximate surface area is 126 Å². The van der Waals surface area contributed by atoms with Crippen molar-refractivity contribution in [3.05, 3.63) is 10.4 Å². The molecule has 0 saturated heterocycles. The Kier molecular flexibility index (Phi) is 4.38. The lowest BCUT2D eigenvalue weighted by Gasteiger charge is -2.16. The lowest BCUT2D eigenvalue weighted by Crippen LogP contribution is -2.20. The van der Waals surface area contributed by atoms with Crippen LogP contribution in [-0.4, -0.2) is 32.1 Å². The molecular formula is C13H20N4O3S. The molecule has 1 fully saturated rings. The molecule has 21 heavy (non-hydrogen) atoms. The Hall–Kier alpha value is -1.80. The zero-order valence-corrected chi connectivity index (χ0v) is 12.7. The molecule has 0 aliphatic heterocycles. The van der Waals surface area contributed by atoms with Gasteiger partial charge in [-0.2, -0.15) is 0 Å². The van der Waals surface area contributed by atoms with Crippen LogP contribution in [0.3, 0.4) is 0 Å². The maximum Gasteiger partial charge on any atom is 0.260 e. The minimum atomic E-state index is -0.666. The molecule has 1 aliphatic rings. The number of nitrogens with one attached hydrogen (secondary N) is 1. The van der Waals surface area contributed by atoms with Crippen molar-refractivity contribution < 1.29 is 14.3 Å². The highest BCUT2D eigenvalue weighted by Crippen LogP contribution is 2.49. The fourth-order valence-electron chi connectivity index (χ4n) is 2.27. The minimum absolute atomic E-state index is 0.0595. The van der Waals surface area contributed by atoms with E-state index >= 15 is 0 Å². The number of carbonyl (C=O) groups is 2. The van der Waals surface area contributed by atoms with Crippen LogP contribution in [0.1, 0.15) is 39.3 Å². The van der Waals surface area contributed by atoms with Crippen molar-refractivity contribution in [2.45, 2.75) is 19.3 Å². The summed E-state index contributed by atoms with van der Waals surface area (Å²) in [5.41, 5.74) is 16.8. The molecule has 1 aromatic heterocycles. The summed E-state index contributed by atoms with van der Waals surface area (Å²) in [5.74, 6) is -1.32. The molecule has 1 saturated carbocycles. The highest BCUT2D eigenvalue weighted by Gasteiger charge is 2.42. The highest BCUT2D eigenvalue weighted by atomic mass is 32.1. The molecule has 116 valence electrons. The lowest BCUT2D eigenvalue weighted by molar-refractivity contribution is 0.0999. The summed E-state index contributed by atoms with van der Waals surface area (Å²) in [6.07, 6.45) is 3.17. The number of anilines is 2. The first-order valence-electron chi connectivity index (χ1n) is 6.65. The number of hydrogen-bond acceptors (Lipinski definition) is 6. The quantitative estimate of drug-likeness (QED) is 0.562. The maximum absolute atomic E-state index is 11.5. The third-order valence-electron chi connectivity index (χ3n) is 3.83. The third kappa shape index (κ3) is 3.27. The van der Waals surface area contributed by atoms with Gasteiger partial charge in [0, 0.05) is 20.3 Å². The number of methoxy groups -OCH3 is 1. The smallest absolute Gasteiger partial charge is 0.260 e. The van der Waals surface area contributed by atoms with Crippen molar-refractivity contribution >= 4 is 33.8 Å². The Morgan fingerprint density at radius 3 is 2.48 bits per heavy atom. The van der Waals surface area contributed by atoms with Crippen LogP contribution in [0.5, 0.6) is 0 Å². The second kappa shape index (κ2) is 5.90. The van der Waals surface area contributed by atoms with E-state index < -0.39 is 11.8 Å². The zero-order chi connectivity index (χ0) is 15.6. The molecule has 0 bridgehead atoms. The zero-order valence-electron chi connectivity index (χ0n) is 11.9. The number of nitrogen functional groups attached to an aromatic ring is 1. The van der Waals surface area contributed by atoms with Crippen LogP contribution >= 0.6 is 11.3 Å². The Bertz CT molecular complexity index is 566. The predicted molar refractivity (Wildman–Crippen MR) is 82.4 cm³/mol. The van der Waals surface area contributed by atoms with Gasteiger partial charge < -0.3 is 27.3 Å². The van der Waals surface area contributed by atoms with E-state index in [4.69, 9.17) is 21.9 Å². The molecular weight excluding hydrogens is 292 g/mol. The molecule has 7 nitrogen and oxygen atoms in total. The SMILES string of the molecule is COCCC1(CNc2sc(C(N)=O)c(N)c2C(N)=O)CC1. The number of ether oxygens (including phenoxy) is 1. The van der Waals surface area contributed by atoms with Crippen molar-refractivity contribution in [1.82, 2.24) is 0 Å². The van der Waals surface area contributed by atoms with Gasteiger partial charge in [-0.3, -0.25) is 9.59 Å². The van der Waals surface area contributed by atoms with E-state index in [1.165, 1.54) is 0 Å². The molecule has 7 N–H and O–H groups in total. The van der Waals surface area contributed by atoms with E-state index in [0.717, 1.165) is 30.6 Å². The summed E-state index contributed by atoms with van der Waals surface area (Å²) < 4.78 is 5.11. The van der Waals surface area contributed by atoms with Crippen LogP contribution in [0.15, 0.2) is 0 Å². The van der Waals surface area contributed by atoms with Gasteiger partial charge >= 0.3 is 0 Å². The van der Waals surface area contributed by atoms with Crippen molar-refractivity contribution in [1.29, 1.82) is 0 Å². The molecule has 1 heterocycles. The fourth-order valence-corrected chi connectivity index (χ4v) is 3.25. The molecule has 0 radical (unpaired) electrons. The molecule has 0 atom stereocenters. The molecule has 1 aliphatic carbocycles. The largest absolute Gasteiger partial charge is 0.397 e. The normalized spacial score (nSPS) is 15.7. The number of rotatable bonds is 8. The van der Waals surface area contributed by atoms with Gasteiger partial charge in [-0.15, -0.1) is 11.3 Å². The molecule has 1 aromatic rings. The average Bonchev–Trinajstić information content (AvgIpc) is 3.10. The molecule has 8 heteroatoms. The van der Waals surface area contributed by atoms with Gasteiger partial charge in [0.2, 0.25) is 0 Å². The summed E-state index contributed by atoms with van der Waals surface area (Å²) in [6.45, 7) is 1.39. The van der Waals surface area contributed by atoms with E-state index in [1.807, 2.05) is 0 Å².